The lowest BCUT2D eigenvalue weighted by molar-refractivity contribution is 1.02. The van der Waals surface area contributed by atoms with E-state index in [1.165, 1.54) is 10.9 Å². The van der Waals surface area contributed by atoms with Crippen molar-refractivity contribution in [3.05, 3.63) is 18.2 Å². The van der Waals surface area contributed by atoms with Crippen molar-refractivity contribution >= 4 is 0 Å². The van der Waals surface area contributed by atoms with Crippen molar-refractivity contribution < 1.29 is 0 Å². The van der Waals surface area contributed by atoms with Crippen LogP contribution >= 0.6 is 0 Å². The Bertz CT molecular complexity index is 218. The predicted molar refractivity (Wildman–Crippen MR) is 28.0 cm³/mol. The highest BCUT2D eigenvalue weighted by molar-refractivity contribution is 5.00. The Labute approximate surface area is 47.2 Å². The van der Waals surface area contributed by atoms with Crippen LogP contribution in [0.25, 0.3) is 0 Å². The summed E-state index contributed by atoms with van der Waals surface area (Å²) in [7, 11) is 0. The number of imidazole rings is 1. The molecule has 0 bridgehead atoms. The zero-order valence-electron chi connectivity index (χ0n) is 4.50. The van der Waals surface area contributed by atoms with Gasteiger partial charge in [-0.1, -0.05) is 0 Å². The van der Waals surface area contributed by atoms with Crippen molar-refractivity contribution in [2.45, 2.75) is 6.92 Å². The van der Waals surface area contributed by atoms with Crippen LogP contribution in [0.3, 0.4) is 0 Å². The van der Waals surface area contributed by atoms with Gasteiger partial charge in [-0.25, -0.2) is 9.55 Å². The molecule has 3 heteroatoms. The molecule has 0 aromatic carbocycles. The van der Waals surface area contributed by atoms with E-state index in [1.807, 2.05) is 13.1 Å². The molecule has 0 saturated carbocycles. The van der Waals surface area contributed by atoms with Crippen molar-refractivity contribution in [3.63, 3.8) is 0 Å². The summed E-state index contributed by atoms with van der Waals surface area (Å²) >= 11 is 0. The third-order valence-electron chi connectivity index (χ3n) is 0.931. The van der Waals surface area contributed by atoms with E-state index in [0.717, 1.165) is 5.69 Å². The number of rotatable bonds is 0. The smallest absolute Gasteiger partial charge is 0.189 e. The second-order valence-electron chi connectivity index (χ2n) is 1.51. The molecule has 1 heterocycles. The lowest BCUT2D eigenvalue weighted by Gasteiger charge is -1.83. The normalized spacial score (nSPS) is 8.50. The van der Waals surface area contributed by atoms with Gasteiger partial charge in [-0.2, -0.15) is 5.26 Å². The Hall–Kier alpha value is -1.30. The Morgan fingerprint density at radius 3 is 2.88 bits per heavy atom. The molecule has 0 fully saturated rings. The summed E-state index contributed by atoms with van der Waals surface area (Å²) in [5.74, 6) is 0. The molecule has 8 heavy (non-hydrogen) atoms. The van der Waals surface area contributed by atoms with Gasteiger partial charge in [0, 0.05) is 6.20 Å². The maximum absolute atomic E-state index is 8.28. The van der Waals surface area contributed by atoms with Crippen LogP contribution in [0.5, 0.6) is 0 Å². The fraction of sp³-hybridized carbons (Fsp3) is 0.200. The summed E-state index contributed by atoms with van der Waals surface area (Å²) in [6.45, 7) is 1.83. The van der Waals surface area contributed by atoms with E-state index in [2.05, 4.69) is 4.98 Å². The van der Waals surface area contributed by atoms with Crippen LogP contribution in [0.2, 0.25) is 0 Å². The van der Waals surface area contributed by atoms with E-state index in [1.54, 1.807) is 6.20 Å². The second-order valence-corrected chi connectivity index (χ2v) is 1.51. The van der Waals surface area contributed by atoms with Gasteiger partial charge < -0.3 is 0 Å². The van der Waals surface area contributed by atoms with Gasteiger partial charge in [-0.3, -0.25) is 0 Å². The lowest BCUT2D eigenvalue weighted by atomic mass is 10.5. The number of hydrogen-bond donors (Lipinski definition) is 0. The fourth-order valence-electron chi connectivity index (χ4n) is 0.466. The molecule has 0 atom stereocenters. The zero-order valence-corrected chi connectivity index (χ0v) is 4.50. The van der Waals surface area contributed by atoms with E-state index < -0.39 is 0 Å². The van der Waals surface area contributed by atoms with Crippen molar-refractivity contribution in [2.24, 2.45) is 0 Å². The maximum atomic E-state index is 8.28. The van der Waals surface area contributed by atoms with Gasteiger partial charge in [0.2, 0.25) is 0 Å². The predicted octanol–water partition coefficient (Wildman–Crippen LogP) is 0.521. The fourth-order valence-corrected chi connectivity index (χ4v) is 0.466. The van der Waals surface area contributed by atoms with Crippen LogP contribution in [-0.2, 0) is 0 Å². The molecule has 0 unspecified atom stereocenters. The Morgan fingerprint density at radius 1 is 1.88 bits per heavy atom. The molecular formula is C5H5N3. The topological polar surface area (TPSA) is 41.6 Å². The first kappa shape index (κ1) is 4.85. The molecule has 0 aliphatic carbocycles. The molecule has 0 aliphatic rings. The molecule has 0 spiro atoms. The van der Waals surface area contributed by atoms with Crippen LogP contribution in [0, 0.1) is 18.4 Å². The van der Waals surface area contributed by atoms with E-state index in [9.17, 15) is 0 Å². The molecule has 40 valence electrons. The van der Waals surface area contributed by atoms with Crippen LogP contribution < -0.4 is 0 Å². The second kappa shape index (κ2) is 1.66. The summed E-state index contributed by atoms with van der Waals surface area (Å²) in [6.07, 6.45) is 5.05. The van der Waals surface area contributed by atoms with Crippen LogP contribution in [0.1, 0.15) is 5.69 Å². The minimum atomic E-state index is 0.868. The average molecular weight is 107 g/mol. The van der Waals surface area contributed by atoms with Gasteiger partial charge in [0.15, 0.2) is 6.19 Å². The number of nitrogens with zero attached hydrogens (tertiary/aromatic N) is 3. The average Bonchev–Trinajstić information content (AvgIpc) is 2.14. The number of aryl methyl sites for hydroxylation is 1. The Morgan fingerprint density at radius 2 is 2.62 bits per heavy atom. The molecule has 0 amide bonds. The van der Waals surface area contributed by atoms with Gasteiger partial charge in [-0.15, -0.1) is 0 Å². The molecule has 0 radical (unpaired) electrons. The Kier molecular flexibility index (Phi) is 1.01. The number of hydrogen-bond acceptors (Lipinski definition) is 2. The van der Waals surface area contributed by atoms with E-state index in [-0.39, 0.29) is 0 Å². The van der Waals surface area contributed by atoms with Gasteiger partial charge >= 0.3 is 0 Å². The molecular weight excluding hydrogens is 102 g/mol. The summed E-state index contributed by atoms with van der Waals surface area (Å²) in [5.41, 5.74) is 0.868. The third-order valence-corrected chi connectivity index (χ3v) is 0.931. The summed E-state index contributed by atoms with van der Waals surface area (Å²) < 4.78 is 1.40. The highest BCUT2D eigenvalue weighted by atomic mass is 15.0. The molecule has 3 nitrogen and oxygen atoms in total. The summed E-state index contributed by atoms with van der Waals surface area (Å²) in [4.78, 5) is 3.73. The zero-order chi connectivity index (χ0) is 5.98. The Balaban J connectivity index is 3.15. The maximum Gasteiger partial charge on any atom is 0.189 e. The molecule has 0 saturated heterocycles. The third kappa shape index (κ3) is 0.562. The number of aromatic nitrogens is 2. The van der Waals surface area contributed by atoms with Crippen molar-refractivity contribution in [1.29, 1.82) is 5.26 Å². The lowest BCUT2D eigenvalue weighted by Crippen LogP contribution is -1.85. The van der Waals surface area contributed by atoms with E-state index >= 15 is 0 Å². The number of nitriles is 1. The van der Waals surface area contributed by atoms with Gasteiger partial charge in [0.05, 0.1) is 5.69 Å². The van der Waals surface area contributed by atoms with Crippen molar-refractivity contribution in [2.75, 3.05) is 0 Å². The van der Waals surface area contributed by atoms with Crippen molar-refractivity contribution in [3.8, 4) is 6.19 Å². The first-order chi connectivity index (χ1) is 3.84. The molecule has 1 aromatic heterocycles. The van der Waals surface area contributed by atoms with Crippen LogP contribution in [0.15, 0.2) is 12.5 Å². The monoisotopic (exact) mass is 107 g/mol. The van der Waals surface area contributed by atoms with E-state index in [0.29, 0.717) is 0 Å². The first-order valence-electron chi connectivity index (χ1n) is 2.23. The summed E-state index contributed by atoms with van der Waals surface area (Å²) in [6, 6.07) is 0. The minimum absolute atomic E-state index is 0.868. The molecule has 0 aliphatic heterocycles. The van der Waals surface area contributed by atoms with Gasteiger partial charge in [-0.05, 0) is 6.92 Å². The SMILES string of the molecule is Cc1cncn1C#N. The summed E-state index contributed by atoms with van der Waals surface area (Å²) in [5, 5.41) is 8.28. The molecule has 0 N–H and O–H groups in total. The van der Waals surface area contributed by atoms with E-state index in [4.69, 9.17) is 5.26 Å². The largest absolute Gasteiger partial charge is 0.244 e. The minimum Gasteiger partial charge on any atom is -0.244 e. The van der Waals surface area contributed by atoms with Crippen LogP contribution in [0.4, 0.5) is 0 Å². The quantitative estimate of drug-likeness (QED) is 0.485. The van der Waals surface area contributed by atoms with Crippen molar-refractivity contribution in [1.82, 2.24) is 9.55 Å². The van der Waals surface area contributed by atoms with Gasteiger partial charge in [0.25, 0.3) is 0 Å². The van der Waals surface area contributed by atoms with Gasteiger partial charge in [0.1, 0.15) is 6.33 Å². The standard InChI is InChI=1S/C5H5N3/c1-5-2-7-4-8(5)3-6/h2,4H,1H3. The highest BCUT2D eigenvalue weighted by Gasteiger charge is 1.89. The van der Waals surface area contributed by atoms with Crippen LogP contribution in [-0.4, -0.2) is 9.55 Å². The molecule has 1 aromatic rings. The first-order valence-corrected chi connectivity index (χ1v) is 2.23. The molecule has 1 rings (SSSR count). The highest BCUT2D eigenvalue weighted by Crippen LogP contribution is 1.90.